The molecule has 6 heteroatoms. The zero-order valence-electron chi connectivity index (χ0n) is 16.1. The number of nitrogens with zero attached hydrogens (tertiary/aromatic N) is 1. The van der Waals surface area contributed by atoms with Gasteiger partial charge in [-0.25, -0.2) is 0 Å². The fourth-order valence-corrected chi connectivity index (χ4v) is 3.29. The highest BCUT2D eigenvalue weighted by atomic mass is 16.5. The Morgan fingerprint density at radius 2 is 1.79 bits per heavy atom. The highest BCUT2D eigenvalue weighted by Gasteiger charge is 2.27. The Balaban J connectivity index is 1.48. The number of carbonyl (C=O) groups excluding carboxylic acids is 2. The number of amides is 1. The van der Waals surface area contributed by atoms with E-state index in [0.717, 1.165) is 25.1 Å². The molecule has 0 saturated carbocycles. The summed E-state index contributed by atoms with van der Waals surface area (Å²) in [5.74, 6) is 1.07. The second-order valence-corrected chi connectivity index (χ2v) is 6.81. The van der Waals surface area contributed by atoms with Crippen LogP contribution in [0.5, 0.6) is 11.5 Å². The van der Waals surface area contributed by atoms with Crippen molar-refractivity contribution in [2.45, 2.75) is 19.8 Å². The van der Waals surface area contributed by atoms with E-state index < -0.39 is 0 Å². The highest BCUT2D eigenvalue weighted by molar-refractivity contribution is 5.92. The van der Waals surface area contributed by atoms with Crippen LogP contribution in [0.2, 0.25) is 0 Å². The third-order valence-electron chi connectivity index (χ3n) is 4.61. The molecule has 0 spiro atoms. The van der Waals surface area contributed by atoms with E-state index in [1.807, 2.05) is 66.4 Å². The zero-order valence-corrected chi connectivity index (χ0v) is 16.1. The largest absolute Gasteiger partial charge is 0.466 e. The van der Waals surface area contributed by atoms with E-state index in [1.54, 1.807) is 0 Å². The van der Waals surface area contributed by atoms with Crippen molar-refractivity contribution < 1.29 is 19.1 Å². The van der Waals surface area contributed by atoms with E-state index >= 15 is 0 Å². The SMILES string of the molecule is CCOC(=O)[C@@H]1CCCN(CC(=O)Nc2ccc(Oc3ccccc3)cc2)C1. The second-order valence-electron chi connectivity index (χ2n) is 6.81. The maximum absolute atomic E-state index is 12.4. The Hall–Kier alpha value is -2.86. The lowest BCUT2D eigenvalue weighted by atomic mass is 9.98. The van der Waals surface area contributed by atoms with E-state index in [1.165, 1.54) is 0 Å². The summed E-state index contributed by atoms with van der Waals surface area (Å²) in [7, 11) is 0. The summed E-state index contributed by atoms with van der Waals surface area (Å²) in [6.45, 7) is 3.84. The van der Waals surface area contributed by atoms with Crippen LogP contribution in [0.4, 0.5) is 5.69 Å². The minimum absolute atomic E-state index is 0.0961. The van der Waals surface area contributed by atoms with Crippen molar-refractivity contribution in [3.63, 3.8) is 0 Å². The highest BCUT2D eigenvalue weighted by Crippen LogP contribution is 2.23. The summed E-state index contributed by atoms with van der Waals surface area (Å²) in [5, 5.41) is 2.90. The van der Waals surface area contributed by atoms with Gasteiger partial charge in [-0.3, -0.25) is 14.5 Å². The topological polar surface area (TPSA) is 67.9 Å². The molecule has 0 aliphatic carbocycles. The molecule has 1 saturated heterocycles. The number of piperidine rings is 1. The Labute approximate surface area is 165 Å². The molecule has 2 aromatic carbocycles. The monoisotopic (exact) mass is 382 g/mol. The number of esters is 1. The molecule has 0 radical (unpaired) electrons. The number of nitrogens with one attached hydrogen (secondary N) is 1. The number of hydrogen-bond acceptors (Lipinski definition) is 5. The van der Waals surface area contributed by atoms with E-state index in [4.69, 9.17) is 9.47 Å². The number of ether oxygens (including phenoxy) is 2. The first-order valence-electron chi connectivity index (χ1n) is 9.66. The summed E-state index contributed by atoms with van der Waals surface area (Å²) in [6.07, 6.45) is 1.71. The lowest BCUT2D eigenvalue weighted by Gasteiger charge is -2.30. The molecule has 1 atom stereocenters. The van der Waals surface area contributed by atoms with Gasteiger partial charge in [0, 0.05) is 12.2 Å². The molecule has 6 nitrogen and oxygen atoms in total. The summed E-state index contributed by atoms with van der Waals surface area (Å²) >= 11 is 0. The number of carbonyl (C=O) groups is 2. The Bertz CT molecular complexity index is 777. The standard InChI is InChI=1S/C22H26N2O4/c1-2-27-22(26)17-7-6-14-24(15-17)16-21(25)23-18-10-12-20(13-11-18)28-19-8-4-3-5-9-19/h3-5,8-13,17H,2,6-7,14-16H2,1H3,(H,23,25)/t17-/m1/s1. The van der Waals surface area contributed by atoms with Crippen LogP contribution in [0.25, 0.3) is 0 Å². The lowest BCUT2D eigenvalue weighted by molar-refractivity contribution is -0.150. The molecule has 1 amide bonds. The Morgan fingerprint density at radius 1 is 1.07 bits per heavy atom. The van der Waals surface area contributed by atoms with Gasteiger partial charge in [0.05, 0.1) is 19.1 Å². The number of rotatable bonds is 7. The maximum atomic E-state index is 12.4. The molecule has 0 bridgehead atoms. The average Bonchev–Trinajstić information content (AvgIpc) is 2.70. The van der Waals surface area contributed by atoms with E-state index in [2.05, 4.69) is 5.32 Å². The Kier molecular flexibility index (Phi) is 7.03. The quantitative estimate of drug-likeness (QED) is 0.740. The fourth-order valence-electron chi connectivity index (χ4n) is 3.29. The van der Waals surface area contributed by atoms with Crippen LogP contribution in [-0.2, 0) is 14.3 Å². The van der Waals surface area contributed by atoms with Crippen molar-refractivity contribution in [2.24, 2.45) is 5.92 Å². The molecule has 28 heavy (non-hydrogen) atoms. The molecule has 148 valence electrons. The van der Waals surface area contributed by atoms with Gasteiger partial charge >= 0.3 is 5.97 Å². The number of hydrogen-bond donors (Lipinski definition) is 1. The first-order valence-corrected chi connectivity index (χ1v) is 9.66. The van der Waals surface area contributed by atoms with Gasteiger partial charge in [-0.15, -0.1) is 0 Å². The first-order chi connectivity index (χ1) is 13.6. The molecule has 1 fully saturated rings. The van der Waals surface area contributed by atoms with Crippen LogP contribution < -0.4 is 10.1 Å². The average molecular weight is 382 g/mol. The lowest BCUT2D eigenvalue weighted by Crippen LogP contribution is -2.43. The Morgan fingerprint density at radius 3 is 2.50 bits per heavy atom. The summed E-state index contributed by atoms with van der Waals surface area (Å²) in [6, 6.07) is 16.8. The predicted molar refractivity (Wildman–Crippen MR) is 107 cm³/mol. The maximum Gasteiger partial charge on any atom is 0.310 e. The second kappa shape index (κ2) is 9.90. The van der Waals surface area contributed by atoms with Crippen LogP contribution in [0.1, 0.15) is 19.8 Å². The van der Waals surface area contributed by atoms with Crippen molar-refractivity contribution in [1.29, 1.82) is 0 Å². The van der Waals surface area contributed by atoms with Gasteiger partial charge < -0.3 is 14.8 Å². The van der Waals surface area contributed by atoms with E-state index in [0.29, 0.717) is 24.6 Å². The fraction of sp³-hybridized carbons (Fsp3) is 0.364. The smallest absolute Gasteiger partial charge is 0.310 e. The van der Waals surface area contributed by atoms with Crippen LogP contribution in [0, 0.1) is 5.92 Å². The number of anilines is 1. The zero-order chi connectivity index (χ0) is 19.8. The third kappa shape index (κ3) is 5.82. The summed E-state index contributed by atoms with van der Waals surface area (Å²) in [5.41, 5.74) is 0.712. The molecular weight excluding hydrogens is 356 g/mol. The van der Waals surface area contributed by atoms with Gasteiger partial charge in [-0.1, -0.05) is 18.2 Å². The first kappa shape index (κ1) is 19.9. The molecule has 1 aliphatic rings. The molecule has 2 aromatic rings. The van der Waals surface area contributed by atoms with Gasteiger partial charge in [-0.05, 0) is 62.7 Å². The van der Waals surface area contributed by atoms with E-state index in [-0.39, 0.29) is 24.3 Å². The van der Waals surface area contributed by atoms with Crippen molar-refractivity contribution in [1.82, 2.24) is 4.90 Å². The molecule has 0 unspecified atom stereocenters. The summed E-state index contributed by atoms with van der Waals surface area (Å²) in [4.78, 5) is 26.3. The molecule has 1 N–H and O–H groups in total. The predicted octanol–water partition coefficient (Wildman–Crippen LogP) is 3.69. The van der Waals surface area contributed by atoms with Crippen molar-refractivity contribution in [2.75, 3.05) is 31.6 Å². The van der Waals surface area contributed by atoms with Crippen molar-refractivity contribution in [3.8, 4) is 11.5 Å². The summed E-state index contributed by atoms with van der Waals surface area (Å²) < 4.78 is 10.9. The normalized spacial score (nSPS) is 17.0. The van der Waals surface area contributed by atoms with E-state index in [9.17, 15) is 9.59 Å². The molecule has 0 aromatic heterocycles. The molecule has 3 rings (SSSR count). The number of likely N-dealkylation sites (tertiary alicyclic amines) is 1. The molecule has 1 heterocycles. The molecular formula is C22H26N2O4. The van der Waals surface area contributed by atoms with Gasteiger partial charge in [0.25, 0.3) is 0 Å². The third-order valence-corrected chi connectivity index (χ3v) is 4.61. The number of para-hydroxylation sites is 1. The van der Waals surface area contributed by atoms with Gasteiger partial charge in [0.15, 0.2) is 0 Å². The van der Waals surface area contributed by atoms with Crippen molar-refractivity contribution >= 4 is 17.6 Å². The van der Waals surface area contributed by atoms with Gasteiger partial charge in [-0.2, -0.15) is 0 Å². The minimum atomic E-state index is -0.165. The van der Waals surface area contributed by atoms with Gasteiger partial charge in [0.2, 0.25) is 5.91 Å². The van der Waals surface area contributed by atoms with Crippen molar-refractivity contribution in [3.05, 3.63) is 54.6 Å². The minimum Gasteiger partial charge on any atom is -0.466 e. The number of benzene rings is 2. The van der Waals surface area contributed by atoms with Crippen LogP contribution in [0.3, 0.4) is 0 Å². The van der Waals surface area contributed by atoms with Crippen LogP contribution in [0.15, 0.2) is 54.6 Å². The van der Waals surface area contributed by atoms with Crippen LogP contribution >= 0.6 is 0 Å². The van der Waals surface area contributed by atoms with Crippen LogP contribution in [-0.4, -0.2) is 43.0 Å². The molecule has 1 aliphatic heterocycles. The van der Waals surface area contributed by atoms with Gasteiger partial charge in [0.1, 0.15) is 11.5 Å².